The Hall–Kier alpha value is -2.52. The largest absolute Gasteiger partial charge is 0.385 e. The molecule has 0 unspecified atom stereocenters. The number of aliphatic hydroxyl groups is 1. The molecule has 1 N–H and O–H groups in total. The zero-order valence-corrected chi connectivity index (χ0v) is 17.8. The summed E-state index contributed by atoms with van der Waals surface area (Å²) in [5.41, 5.74) is 4.25. The average molecular weight is 381 g/mol. The van der Waals surface area contributed by atoms with Gasteiger partial charge in [0.2, 0.25) is 0 Å². The standard InChI is InChI=1S/C25H32O3/c1-18(10-7-8-11-20(3)17-26)12-9-13-19(2)14-15-22-21(4)24(28)23(27)16-25(22,5)6/h7-15,17,23,27H,16H2,1-6H3/b8-7+,12-9+,15-14+,18-10+,19-13+,20-11+/t23-/m1/s1. The van der Waals surface area contributed by atoms with Gasteiger partial charge in [-0.3, -0.25) is 9.59 Å². The number of carbonyl (C=O) groups excluding carboxylic acids is 2. The lowest BCUT2D eigenvalue weighted by molar-refractivity contribution is -0.125. The Bertz CT molecular complexity index is 809. The molecule has 0 saturated heterocycles. The minimum atomic E-state index is -0.895. The zero-order valence-electron chi connectivity index (χ0n) is 17.8. The normalized spacial score (nSPS) is 22.2. The smallest absolute Gasteiger partial charge is 0.187 e. The van der Waals surface area contributed by atoms with Crippen molar-refractivity contribution in [2.75, 3.05) is 0 Å². The summed E-state index contributed by atoms with van der Waals surface area (Å²) in [6.07, 6.45) is 17.8. The van der Waals surface area contributed by atoms with Crippen LogP contribution < -0.4 is 0 Å². The molecule has 0 aromatic rings. The number of hydrogen-bond donors (Lipinski definition) is 1. The maximum absolute atomic E-state index is 12.1. The summed E-state index contributed by atoms with van der Waals surface area (Å²) in [6.45, 7) is 11.7. The molecule has 1 rings (SSSR count). The molecule has 0 fully saturated rings. The number of allylic oxidation sites excluding steroid dienone is 13. The van der Waals surface area contributed by atoms with Crippen molar-refractivity contribution in [1.82, 2.24) is 0 Å². The highest BCUT2D eigenvalue weighted by Gasteiger charge is 2.36. The molecule has 1 aliphatic carbocycles. The van der Waals surface area contributed by atoms with E-state index in [1.807, 2.05) is 62.5 Å². The van der Waals surface area contributed by atoms with E-state index in [1.54, 1.807) is 19.9 Å². The van der Waals surface area contributed by atoms with Crippen molar-refractivity contribution >= 4 is 12.1 Å². The average Bonchev–Trinajstić information content (AvgIpc) is 2.62. The molecule has 3 heteroatoms. The van der Waals surface area contributed by atoms with Gasteiger partial charge in [0, 0.05) is 0 Å². The lowest BCUT2D eigenvalue weighted by Crippen LogP contribution is -2.35. The van der Waals surface area contributed by atoms with Gasteiger partial charge < -0.3 is 5.11 Å². The van der Waals surface area contributed by atoms with Crippen molar-refractivity contribution in [3.63, 3.8) is 0 Å². The van der Waals surface area contributed by atoms with Gasteiger partial charge in [-0.15, -0.1) is 0 Å². The summed E-state index contributed by atoms with van der Waals surface area (Å²) < 4.78 is 0. The molecule has 0 radical (unpaired) electrons. The highest BCUT2D eigenvalue weighted by Crippen LogP contribution is 2.39. The van der Waals surface area contributed by atoms with Crippen LogP contribution in [0.1, 0.15) is 48.0 Å². The van der Waals surface area contributed by atoms with Crippen LogP contribution in [0.25, 0.3) is 0 Å². The van der Waals surface area contributed by atoms with Gasteiger partial charge in [0.25, 0.3) is 0 Å². The summed E-state index contributed by atoms with van der Waals surface area (Å²) in [5, 5.41) is 9.91. The number of hydrogen-bond acceptors (Lipinski definition) is 3. The minimum absolute atomic E-state index is 0.174. The molecule has 0 saturated carbocycles. The highest BCUT2D eigenvalue weighted by atomic mass is 16.3. The Balaban J connectivity index is 2.83. The molecule has 0 aromatic heterocycles. The molecule has 1 atom stereocenters. The third-order valence-electron chi connectivity index (χ3n) is 4.76. The van der Waals surface area contributed by atoms with Gasteiger partial charge >= 0.3 is 0 Å². The highest BCUT2D eigenvalue weighted by molar-refractivity contribution is 6.00. The van der Waals surface area contributed by atoms with Crippen molar-refractivity contribution in [2.45, 2.75) is 54.1 Å². The quantitative estimate of drug-likeness (QED) is 0.367. The van der Waals surface area contributed by atoms with E-state index in [0.29, 0.717) is 17.6 Å². The Morgan fingerprint density at radius 1 is 0.964 bits per heavy atom. The fourth-order valence-electron chi connectivity index (χ4n) is 3.06. The molecule has 0 aliphatic heterocycles. The lowest BCUT2D eigenvalue weighted by Gasteiger charge is -2.34. The van der Waals surface area contributed by atoms with Gasteiger partial charge in [-0.05, 0) is 56.3 Å². The number of aliphatic hydroxyl groups excluding tert-OH is 1. The second kappa shape index (κ2) is 10.7. The van der Waals surface area contributed by atoms with E-state index in [4.69, 9.17) is 0 Å². The Labute approximate surface area is 169 Å². The summed E-state index contributed by atoms with van der Waals surface area (Å²) >= 11 is 0. The van der Waals surface area contributed by atoms with E-state index in [9.17, 15) is 14.7 Å². The first-order valence-corrected chi connectivity index (χ1v) is 9.52. The van der Waals surface area contributed by atoms with Crippen LogP contribution in [0.5, 0.6) is 0 Å². The first kappa shape index (κ1) is 23.5. The van der Waals surface area contributed by atoms with Crippen LogP contribution in [0.2, 0.25) is 0 Å². The number of ketones is 1. The predicted molar refractivity (Wildman–Crippen MR) is 117 cm³/mol. The lowest BCUT2D eigenvalue weighted by atomic mass is 9.71. The number of carbonyl (C=O) groups is 2. The maximum Gasteiger partial charge on any atom is 0.187 e. The first-order chi connectivity index (χ1) is 13.1. The SMILES string of the molecule is CC1=C(/C=C/C(C)=C/C=C/C(C)=C/C=C/C=C(\C)C=O)C(C)(C)C[C@@H](O)C1=O. The predicted octanol–water partition coefficient (Wildman–Crippen LogP) is 5.37. The molecule has 0 amide bonds. The molecule has 3 nitrogen and oxygen atoms in total. The van der Waals surface area contributed by atoms with Gasteiger partial charge in [0.05, 0.1) is 0 Å². The van der Waals surface area contributed by atoms with Gasteiger partial charge in [-0.2, -0.15) is 0 Å². The second-order valence-corrected chi connectivity index (χ2v) is 7.93. The van der Waals surface area contributed by atoms with Crippen molar-refractivity contribution in [3.8, 4) is 0 Å². The molecule has 150 valence electrons. The molecule has 0 heterocycles. The van der Waals surface area contributed by atoms with Crippen LogP contribution in [0.15, 0.2) is 82.5 Å². The maximum atomic E-state index is 12.1. The van der Waals surface area contributed by atoms with Crippen LogP contribution in [0.4, 0.5) is 0 Å². The van der Waals surface area contributed by atoms with E-state index >= 15 is 0 Å². The monoisotopic (exact) mass is 380 g/mol. The van der Waals surface area contributed by atoms with Crippen LogP contribution in [-0.2, 0) is 9.59 Å². The van der Waals surface area contributed by atoms with Crippen molar-refractivity contribution < 1.29 is 14.7 Å². The van der Waals surface area contributed by atoms with Gasteiger partial charge in [-0.25, -0.2) is 0 Å². The molecule has 0 bridgehead atoms. The van der Waals surface area contributed by atoms with Gasteiger partial charge in [0.15, 0.2) is 5.78 Å². The molecule has 0 aromatic carbocycles. The van der Waals surface area contributed by atoms with Crippen LogP contribution in [0, 0.1) is 5.41 Å². The fourth-order valence-corrected chi connectivity index (χ4v) is 3.06. The van der Waals surface area contributed by atoms with Crippen LogP contribution >= 0.6 is 0 Å². The van der Waals surface area contributed by atoms with E-state index in [2.05, 4.69) is 13.8 Å². The molecular formula is C25H32O3. The first-order valence-electron chi connectivity index (χ1n) is 9.52. The van der Waals surface area contributed by atoms with E-state index in [0.717, 1.165) is 23.0 Å². The second-order valence-electron chi connectivity index (χ2n) is 7.93. The fraction of sp³-hybridized carbons (Fsp3) is 0.360. The van der Waals surface area contributed by atoms with Gasteiger partial charge in [0.1, 0.15) is 12.4 Å². The molecule has 0 spiro atoms. The third-order valence-corrected chi connectivity index (χ3v) is 4.76. The van der Waals surface area contributed by atoms with Crippen LogP contribution in [-0.4, -0.2) is 23.3 Å². The van der Waals surface area contributed by atoms with E-state index < -0.39 is 6.10 Å². The number of Topliss-reactive ketones (excluding diaryl/α,β-unsaturated/α-hetero) is 1. The van der Waals surface area contributed by atoms with Crippen molar-refractivity contribution in [2.24, 2.45) is 5.41 Å². The summed E-state index contributed by atoms with van der Waals surface area (Å²) in [5.74, 6) is -0.174. The Kier molecular flexibility index (Phi) is 9.01. The van der Waals surface area contributed by atoms with Crippen molar-refractivity contribution in [3.05, 3.63) is 82.5 Å². The Morgan fingerprint density at radius 2 is 1.50 bits per heavy atom. The van der Waals surface area contributed by atoms with Gasteiger partial charge in [-0.1, -0.05) is 79.7 Å². The third kappa shape index (κ3) is 7.24. The number of rotatable bonds is 7. The topological polar surface area (TPSA) is 54.4 Å². The summed E-state index contributed by atoms with van der Waals surface area (Å²) in [7, 11) is 0. The van der Waals surface area contributed by atoms with E-state index in [-0.39, 0.29) is 11.2 Å². The Morgan fingerprint density at radius 3 is 2.11 bits per heavy atom. The van der Waals surface area contributed by atoms with Crippen molar-refractivity contribution in [1.29, 1.82) is 0 Å². The zero-order chi connectivity index (χ0) is 21.3. The molecule has 1 aliphatic rings. The molecule has 28 heavy (non-hydrogen) atoms. The summed E-state index contributed by atoms with van der Waals surface area (Å²) in [6, 6.07) is 0. The minimum Gasteiger partial charge on any atom is -0.385 e. The number of aldehydes is 1. The molecular weight excluding hydrogens is 348 g/mol. The van der Waals surface area contributed by atoms with Crippen LogP contribution in [0.3, 0.4) is 0 Å². The summed E-state index contributed by atoms with van der Waals surface area (Å²) in [4.78, 5) is 22.6. The van der Waals surface area contributed by atoms with E-state index in [1.165, 1.54) is 0 Å².